The van der Waals surface area contributed by atoms with Crippen LogP contribution >= 0.6 is 0 Å². The van der Waals surface area contributed by atoms with Crippen molar-refractivity contribution in [1.82, 2.24) is 13.4 Å². The van der Waals surface area contributed by atoms with Gasteiger partial charge >= 0.3 is 0 Å². The smallest absolute Gasteiger partial charge is 0.0627 e. The van der Waals surface area contributed by atoms with Crippen LogP contribution in [0.15, 0.2) is 176 Å². The normalized spacial score (nSPS) is 13.2. The first-order valence-corrected chi connectivity index (χ1v) is 23.9. The van der Waals surface area contributed by atoms with E-state index >= 15 is 0 Å². The van der Waals surface area contributed by atoms with Crippen LogP contribution in [0.4, 0.5) is 0 Å². The standard InChI is InChI=1S/C64H47N3/c1-63(2,3)39-25-27-53-47(33-39)48-34-40(64(4,5)6)35-50-57-54(66(53)60(48)50)28-29-55-59(57)58-43-21-13-11-17-37(43)32-49-56-42-20-12-10-16-36(42)30-45(61(56)67(55)62(49)58)38-24-26-52-46(31-38)44-22-14-15-23-51(44)65(52)41-18-8-7-9-19-41/h7-35H,1-6H3. The molecule has 3 nitrogen and oxygen atoms in total. The van der Waals surface area contributed by atoms with E-state index in [2.05, 4.69) is 231 Å². The quantitative estimate of drug-likeness (QED) is 0.164. The summed E-state index contributed by atoms with van der Waals surface area (Å²) in [6, 6.07) is 67.0. The first-order chi connectivity index (χ1) is 32.5. The molecule has 0 aliphatic heterocycles. The van der Waals surface area contributed by atoms with Gasteiger partial charge in [0.2, 0.25) is 0 Å². The van der Waals surface area contributed by atoms with E-state index in [9.17, 15) is 0 Å². The minimum absolute atomic E-state index is 0.0416. The monoisotopic (exact) mass is 857 g/mol. The van der Waals surface area contributed by atoms with Crippen LogP contribution in [0, 0.1) is 0 Å². The molecule has 15 rings (SSSR count). The van der Waals surface area contributed by atoms with Crippen molar-refractivity contribution in [2.75, 3.05) is 0 Å². The van der Waals surface area contributed by atoms with E-state index in [1.54, 1.807) is 0 Å². The van der Waals surface area contributed by atoms with E-state index in [0.29, 0.717) is 0 Å². The Morgan fingerprint density at radius 2 is 0.881 bits per heavy atom. The molecule has 0 aliphatic rings. The second-order valence-corrected chi connectivity index (χ2v) is 21.3. The van der Waals surface area contributed by atoms with E-state index in [1.807, 2.05) is 0 Å². The van der Waals surface area contributed by atoms with E-state index in [1.165, 1.54) is 147 Å². The summed E-state index contributed by atoms with van der Waals surface area (Å²) >= 11 is 0. The lowest BCUT2D eigenvalue weighted by molar-refractivity contribution is 0.590. The van der Waals surface area contributed by atoms with Crippen molar-refractivity contribution in [2.24, 2.45) is 0 Å². The van der Waals surface area contributed by atoms with Gasteiger partial charge in [-0.25, -0.2) is 0 Å². The summed E-state index contributed by atoms with van der Waals surface area (Å²) in [5.41, 5.74) is 16.5. The molecule has 318 valence electrons. The lowest BCUT2D eigenvalue weighted by Crippen LogP contribution is -2.11. The predicted octanol–water partition coefficient (Wildman–Crippen LogP) is 17.7. The van der Waals surface area contributed by atoms with Gasteiger partial charge in [-0.1, -0.05) is 139 Å². The Balaban J connectivity index is 1.14. The maximum atomic E-state index is 2.66. The highest BCUT2D eigenvalue weighted by Gasteiger charge is 2.29. The molecule has 67 heavy (non-hydrogen) atoms. The number of nitrogens with zero attached hydrogens (tertiary/aromatic N) is 3. The highest BCUT2D eigenvalue weighted by Crippen LogP contribution is 2.52. The Hall–Kier alpha value is -7.88. The van der Waals surface area contributed by atoms with Crippen LogP contribution in [0.5, 0.6) is 0 Å². The van der Waals surface area contributed by atoms with Crippen molar-refractivity contribution < 1.29 is 0 Å². The zero-order valence-corrected chi connectivity index (χ0v) is 38.6. The van der Waals surface area contributed by atoms with Crippen LogP contribution in [-0.4, -0.2) is 13.4 Å². The molecule has 0 unspecified atom stereocenters. The van der Waals surface area contributed by atoms with E-state index in [4.69, 9.17) is 0 Å². The molecule has 0 amide bonds. The largest absolute Gasteiger partial charge is 0.309 e. The van der Waals surface area contributed by atoms with Crippen molar-refractivity contribution >= 4 is 120 Å². The molecule has 0 fully saturated rings. The molecule has 5 heterocycles. The van der Waals surface area contributed by atoms with Crippen LogP contribution in [-0.2, 0) is 10.8 Å². The zero-order chi connectivity index (χ0) is 44.8. The van der Waals surface area contributed by atoms with Crippen molar-refractivity contribution in [3.05, 3.63) is 187 Å². The van der Waals surface area contributed by atoms with E-state index < -0.39 is 0 Å². The zero-order valence-electron chi connectivity index (χ0n) is 38.6. The first-order valence-electron chi connectivity index (χ1n) is 23.9. The summed E-state index contributed by atoms with van der Waals surface area (Å²) in [4.78, 5) is 0. The van der Waals surface area contributed by atoms with Gasteiger partial charge in [0.05, 0.1) is 44.1 Å². The number of para-hydroxylation sites is 2. The molecule has 15 aromatic rings. The van der Waals surface area contributed by atoms with Crippen LogP contribution in [0.1, 0.15) is 52.7 Å². The van der Waals surface area contributed by atoms with Gasteiger partial charge in [-0.2, -0.15) is 0 Å². The van der Waals surface area contributed by atoms with Crippen molar-refractivity contribution in [2.45, 2.75) is 52.4 Å². The summed E-state index contributed by atoms with van der Waals surface area (Å²) in [5, 5.41) is 18.3. The molecule has 0 saturated carbocycles. The molecule has 0 N–H and O–H groups in total. The summed E-state index contributed by atoms with van der Waals surface area (Å²) in [7, 11) is 0. The van der Waals surface area contributed by atoms with Crippen LogP contribution < -0.4 is 0 Å². The lowest BCUT2D eigenvalue weighted by atomic mass is 9.84. The molecule has 3 heteroatoms. The fourth-order valence-electron chi connectivity index (χ4n) is 12.4. The highest BCUT2D eigenvalue weighted by molar-refractivity contribution is 6.41. The Morgan fingerprint density at radius 3 is 1.64 bits per heavy atom. The van der Waals surface area contributed by atoms with Crippen LogP contribution in [0.3, 0.4) is 0 Å². The topological polar surface area (TPSA) is 13.8 Å². The SMILES string of the molecule is CC(C)(C)c1ccc2c(c1)c1cc(C(C)(C)C)cc3c4c5c6c7ccccc7cc7c8c9ccccc9cc(-c9ccc%10c(c9)c9ccccc9n%10-c9ccccc9)c8n(c5ccc4n2c13)c76. The number of rotatable bonds is 2. The van der Waals surface area contributed by atoms with Crippen LogP contribution in [0.25, 0.3) is 136 Å². The van der Waals surface area contributed by atoms with Crippen molar-refractivity contribution in [3.8, 4) is 16.8 Å². The van der Waals surface area contributed by atoms with Gasteiger partial charge in [-0.15, -0.1) is 0 Å². The average Bonchev–Trinajstić information content (AvgIpc) is 4.13. The van der Waals surface area contributed by atoms with E-state index in [0.717, 1.165) is 0 Å². The predicted molar refractivity (Wildman–Crippen MR) is 288 cm³/mol. The molecule has 0 bridgehead atoms. The van der Waals surface area contributed by atoms with Crippen LogP contribution in [0.2, 0.25) is 0 Å². The third-order valence-corrected chi connectivity index (χ3v) is 15.5. The van der Waals surface area contributed by atoms with Crippen molar-refractivity contribution in [3.63, 3.8) is 0 Å². The van der Waals surface area contributed by atoms with Gasteiger partial charge in [0.1, 0.15) is 0 Å². The molecule has 0 aliphatic carbocycles. The maximum Gasteiger partial charge on any atom is 0.0627 e. The Bertz CT molecular complexity index is 4620. The second-order valence-electron chi connectivity index (χ2n) is 21.3. The number of hydrogen-bond acceptors (Lipinski definition) is 0. The van der Waals surface area contributed by atoms with Gasteiger partial charge in [0.15, 0.2) is 0 Å². The molecule has 0 spiro atoms. The van der Waals surface area contributed by atoms with Gasteiger partial charge in [-0.3, -0.25) is 0 Å². The number of benzene rings is 10. The fourth-order valence-corrected chi connectivity index (χ4v) is 12.4. The highest BCUT2D eigenvalue weighted by atomic mass is 15.0. The molecule has 0 saturated heterocycles. The summed E-state index contributed by atoms with van der Waals surface area (Å²) in [5.74, 6) is 0. The van der Waals surface area contributed by atoms with Gasteiger partial charge in [0, 0.05) is 65.1 Å². The molecule has 0 radical (unpaired) electrons. The molecular formula is C64H47N3. The number of fused-ring (bicyclic) bond motifs is 20. The lowest BCUT2D eigenvalue weighted by Gasteiger charge is -2.20. The minimum Gasteiger partial charge on any atom is -0.309 e. The Morgan fingerprint density at radius 1 is 0.313 bits per heavy atom. The molecule has 0 atom stereocenters. The first kappa shape index (κ1) is 37.4. The fraction of sp³-hybridized carbons (Fsp3) is 0.125. The minimum atomic E-state index is -0.0416. The molecule has 5 aromatic heterocycles. The Kier molecular flexibility index (Phi) is 6.97. The third-order valence-electron chi connectivity index (χ3n) is 15.5. The summed E-state index contributed by atoms with van der Waals surface area (Å²) < 4.78 is 7.66. The molecule has 10 aromatic carbocycles. The van der Waals surface area contributed by atoms with Gasteiger partial charge in [0.25, 0.3) is 0 Å². The summed E-state index contributed by atoms with van der Waals surface area (Å²) in [6.07, 6.45) is 0. The Labute approximate surface area is 387 Å². The maximum absolute atomic E-state index is 2.66. The van der Waals surface area contributed by atoms with Crippen molar-refractivity contribution in [1.29, 1.82) is 0 Å². The third kappa shape index (κ3) is 4.76. The molecular weight excluding hydrogens is 811 g/mol. The van der Waals surface area contributed by atoms with E-state index in [-0.39, 0.29) is 10.8 Å². The summed E-state index contributed by atoms with van der Waals surface area (Å²) in [6.45, 7) is 14.1. The number of aromatic nitrogens is 3. The van der Waals surface area contributed by atoms with Gasteiger partial charge in [-0.05, 0) is 128 Å². The second kappa shape index (κ2) is 12.5. The van der Waals surface area contributed by atoms with Gasteiger partial charge < -0.3 is 13.4 Å². The number of hydrogen-bond donors (Lipinski definition) is 0. The average molecular weight is 858 g/mol.